The molecule has 186 valence electrons. The number of aromatic nitrogens is 2. The molecule has 0 radical (unpaired) electrons. The summed E-state index contributed by atoms with van der Waals surface area (Å²) < 4.78 is 46.6. The van der Waals surface area contributed by atoms with Crippen LogP contribution in [0.1, 0.15) is 43.5 Å². The molecule has 8 nitrogen and oxygen atoms in total. The van der Waals surface area contributed by atoms with Crippen LogP contribution in [-0.4, -0.2) is 31.4 Å². The molecule has 0 saturated carbocycles. The van der Waals surface area contributed by atoms with Crippen molar-refractivity contribution in [2.75, 3.05) is 11.8 Å². The molecule has 2 aromatic carbocycles. The van der Waals surface area contributed by atoms with E-state index < -0.39 is 21.9 Å². The first kappa shape index (κ1) is 26.1. The van der Waals surface area contributed by atoms with Gasteiger partial charge in [-0.1, -0.05) is 26.0 Å². The number of amides is 1. The number of methoxy groups -OCH3 is 1. The molecule has 3 rings (SSSR count). The number of carbonyl (C=O) groups excluding carboxylic acids is 1. The van der Waals surface area contributed by atoms with Gasteiger partial charge in [0.05, 0.1) is 24.5 Å². The smallest absolute Gasteiger partial charge is 0.264 e. The number of nitrogens with zero attached hydrogens (tertiary/aromatic N) is 2. The van der Waals surface area contributed by atoms with E-state index in [9.17, 15) is 17.6 Å². The summed E-state index contributed by atoms with van der Waals surface area (Å²) in [5.41, 5.74) is 2.07. The lowest BCUT2D eigenvalue weighted by Crippen LogP contribution is -2.28. The van der Waals surface area contributed by atoms with Gasteiger partial charge in [-0.15, -0.1) is 0 Å². The lowest BCUT2D eigenvalue weighted by atomic mass is 10.1. The molecular formula is C25H29FN4O4S. The van der Waals surface area contributed by atoms with E-state index in [0.29, 0.717) is 22.8 Å². The minimum Gasteiger partial charge on any atom is -0.496 e. The van der Waals surface area contributed by atoms with Crippen LogP contribution in [-0.2, 0) is 27.7 Å². The number of carbonyl (C=O) groups is 1. The number of benzene rings is 2. The summed E-state index contributed by atoms with van der Waals surface area (Å²) >= 11 is 0. The average Bonchev–Trinajstić information content (AvgIpc) is 2.80. The van der Waals surface area contributed by atoms with E-state index in [1.807, 2.05) is 0 Å². The minimum absolute atomic E-state index is 0.0114. The topological polar surface area (TPSA) is 110 Å². The Morgan fingerprint density at radius 1 is 1.03 bits per heavy atom. The van der Waals surface area contributed by atoms with Gasteiger partial charge in [0.2, 0.25) is 11.9 Å². The third-order valence-electron chi connectivity index (χ3n) is 5.21. The molecule has 0 saturated heterocycles. The number of anilines is 1. The van der Waals surface area contributed by atoms with Crippen molar-refractivity contribution in [1.82, 2.24) is 15.3 Å². The van der Waals surface area contributed by atoms with Gasteiger partial charge in [0.25, 0.3) is 10.0 Å². The Morgan fingerprint density at radius 2 is 1.69 bits per heavy atom. The molecule has 1 atom stereocenters. The van der Waals surface area contributed by atoms with Gasteiger partial charge in [-0.25, -0.2) is 27.5 Å². The van der Waals surface area contributed by atoms with Crippen molar-refractivity contribution < 1.29 is 22.3 Å². The van der Waals surface area contributed by atoms with E-state index in [1.54, 1.807) is 31.5 Å². The van der Waals surface area contributed by atoms with Crippen LogP contribution in [0.25, 0.3) is 0 Å². The number of halogens is 1. The Labute approximate surface area is 205 Å². The Hall–Kier alpha value is -3.53. The predicted molar refractivity (Wildman–Crippen MR) is 131 cm³/mol. The quantitative estimate of drug-likeness (QED) is 0.435. The molecule has 2 N–H and O–H groups in total. The van der Waals surface area contributed by atoms with Crippen molar-refractivity contribution in [3.8, 4) is 5.75 Å². The highest BCUT2D eigenvalue weighted by Crippen LogP contribution is 2.26. The van der Waals surface area contributed by atoms with Crippen LogP contribution in [0.5, 0.6) is 5.75 Å². The van der Waals surface area contributed by atoms with Crippen LogP contribution in [0.4, 0.5) is 10.3 Å². The zero-order chi connectivity index (χ0) is 25.6. The van der Waals surface area contributed by atoms with Crippen molar-refractivity contribution >= 4 is 21.9 Å². The molecule has 0 unspecified atom stereocenters. The van der Waals surface area contributed by atoms with Crippen LogP contribution in [0.15, 0.2) is 59.8 Å². The Kier molecular flexibility index (Phi) is 8.39. The van der Waals surface area contributed by atoms with Crippen LogP contribution in [0.3, 0.4) is 0 Å². The number of ether oxygens (including phenoxy) is 1. The average molecular weight is 501 g/mol. The fourth-order valence-corrected chi connectivity index (χ4v) is 4.51. The van der Waals surface area contributed by atoms with Gasteiger partial charge in [0.1, 0.15) is 11.6 Å². The summed E-state index contributed by atoms with van der Waals surface area (Å²) in [5, 5.41) is 2.81. The molecule has 0 fully saturated rings. The van der Waals surface area contributed by atoms with Gasteiger partial charge in [-0.05, 0) is 60.7 Å². The molecule has 1 heterocycles. The first-order chi connectivity index (χ1) is 16.6. The van der Waals surface area contributed by atoms with Crippen molar-refractivity contribution in [1.29, 1.82) is 0 Å². The number of hydrogen-bond donors (Lipinski definition) is 2. The number of hydrogen-bond acceptors (Lipinski definition) is 6. The molecule has 0 aliphatic rings. The standard InChI is InChI=1S/C25H29FN4O4S/c1-16(2)11-19-14-27-25(28-15-19)30-35(32,33)21-8-5-18(6-9-21)12-24(31)29-17(3)22-13-20(26)7-10-23(22)34-4/h5-10,13-17H,11-12H2,1-4H3,(H,29,31)(H,27,28,30)/t17-/m0/s1. The Balaban J connectivity index is 1.62. The fraction of sp³-hybridized carbons (Fsp3) is 0.320. The SMILES string of the molecule is COc1ccc(F)cc1[C@H](C)NC(=O)Cc1ccc(S(=O)(=O)Nc2ncc(CC(C)C)cn2)cc1. The molecule has 0 bridgehead atoms. The van der Waals surface area contributed by atoms with E-state index in [0.717, 1.165) is 12.0 Å². The highest BCUT2D eigenvalue weighted by molar-refractivity contribution is 7.92. The van der Waals surface area contributed by atoms with E-state index in [-0.39, 0.29) is 23.2 Å². The van der Waals surface area contributed by atoms with Crippen LogP contribution >= 0.6 is 0 Å². The zero-order valence-electron chi connectivity index (χ0n) is 20.1. The molecule has 3 aromatic rings. The monoisotopic (exact) mass is 500 g/mol. The maximum Gasteiger partial charge on any atom is 0.264 e. The third kappa shape index (κ3) is 7.22. The van der Waals surface area contributed by atoms with Crippen LogP contribution < -0.4 is 14.8 Å². The zero-order valence-corrected chi connectivity index (χ0v) is 20.9. The largest absolute Gasteiger partial charge is 0.496 e. The molecule has 0 aliphatic heterocycles. The van der Waals surface area contributed by atoms with Gasteiger partial charge in [-0.2, -0.15) is 0 Å². The van der Waals surface area contributed by atoms with Gasteiger partial charge in [0.15, 0.2) is 0 Å². The predicted octanol–water partition coefficient (Wildman–Crippen LogP) is 4.04. The highest BCUT2D eigenvalue weighted by Gasteiger charge is 2.18. The normalized spacial score (nSPS) is 12.3. The lowest BCUT2D eigenvalue weighted by molar-refractivity contribution is -0.121. The van der Waals surface area contributed by atoms with Crippen molar-refractivity contribution in [3.63, 3.8) is 0 Å². The summed E-state index contributed by atoms with van der Waals surface area (Å²) in [6.07, 6.45) is 4.03. The first-order valence-corrected chi connectivity index (χ1v) is 12.6. The summed E-state index contributed by atoms with van der Waals surface area (Å²) in [6.45, 7) is 5.88. The highest BCUT2D eigenvalue weighted by atomic mass is 32.2. The van der Waals surface area contributed by atoms with E-state index in [2.05, 4.69) is 33.9 Å². The second-order valence-corrected chi connectivity index (χ2v) is 10.3. The fourth-order valence-electron chi connectivity index (χ4n) is 3.55. The number of rotatable bonds is 10. The lowest BCUT2D eigenvalue weighted by Gasteiger charge is -2.17. The molecule has 35 heavy (non-hydrogen) atoms. The van der Waals surface area contributed by atoms with Crippen LogP contribution in [0.2, 0.25) is 0 Å². The molecule has 0 aliphatic carbocycles. The summed E-state index contributed by atoms with van der Waals surface area (Å²) in [5.74, 6) is 0.174. The molecule has 1 aromatic heterocycles. The van der Waals surface area contributed by atoms with Crippen molar-refractivity contribution in [2.45, 2.75) is 44.6 Å². The number of nitrogens with one attached hydrogen (secondary N) is 2. The maximum absolute atomic E-state index is 13.6. The van der Waals surface area contributed by atoms with Crippen molar-refractivity contribution in [3.05, 3.63) is 77.4 Å². The number of sulfonamides is 1. The molecule has 10 heteroatoms. The second-order valence-electron chi connectivity index (χ2n) is 8.61. The van der Waals surface area contributed by atoms with E-state index in [4.69, 9.17) is 4.74 Å². The molecular weight excluding hydrogens is 471 g/mol. The van der Waals surface area contributed by atoms with E-state index >= 15 is 0 Å². The van der Waals surface area contributed by atoms with Gasteiger partial charge in [-0.3, -0.25) is 4.79 Å². The van der Waals surface area contributed by atoms with Gasteiger partial charge in [0, 0.05) is 18.0 Å². The summed E-state index contributed by atoms with van der Waals surface area (Å²) in [6, 6.07) is 9.58. The van der Waals surface area contributed by atoms with Gasteiger partial charge < -0.3 is 10.1 Å². The second kappa shape index (κ2) is 11.3. The minimum atomic E-state index is -3.89. The van der Waals surface area contributed by atoms with Crippen molar-refractivity contribution in [2.24, 2.45) is 5.92 Å². The maximum atomic E-state index is 13.6. The van der Waals surface area contributed by atoms with Crippen LogP contribution in [0, 0.1) is 11.7 Å². The molecule has 0 spiro atoms. The Morgan fingerprint density at radius 3 is 2.29 bits per heavy atom. The van der Waals surface area contributed by atoms with Gasteiger partial charge >= 0.3 is 0 Å². The van der Waals surface area contributed by atoms with E-state index in [1.165, 1.54) is 37.4 Å². The summed E-state index contributed by atoms with van der Waals surface area (Å²) in [4.78, 5) is 20.7. The Bertz CT molecular complexity index is 1260. The summed E-state index contributed by atoms with van der Waals surface area (Å²) in [7, 11) is -2.41. The first-order valence-electron chi connectivity index (χ1n) is 11.1. The molecule has 1 amide bonds. The third-order valence-corrected chi connectivity index (χ3v) is 6.55.